The van der Waals surface area contributed by atoms with Crippen molar-refractivity contribution in [2.45, 2.75) is 31.8 Å². The summed E-state index contributed by atoms with van der Waals surface area (Å²) in [6.07, 6.45) is 7.98. The lowest BCUT2D eigenvalue weighted by Crippen LogP contribution is -2.41. The minimum Gasteiger partial charge on any atom is -0.489 e. The number of H-pyrrole nitrogens is 1. The van der Waals surface area contributed by atoms with E-state index < -0.39 is 0 Å². The zero-order valence-electron chi connectivity index (χ0n) is 17.8. The number of aryl methyl sites for hydroxylation is 1. The predicted octanol–water partition coefficient (Wildman–Crippen LogP) is 3.88. The number of nitrogens with one attached hydrogen (secondary N) is 1. The van der Waals surface area contributed by atoms with Crippen molar-refractivity contribution >= 4 is 28.5 Å². The third kappa shape index (κ3) is 3.51. The maximum absolute atomic E-state index is 6.19. The Morgan fingerprint density at radius 1 is 1.00 bits per heavy atom. The largest absolute Gasteiger partial charge is 0.489 e. The first-order valence-corrected chi connectivity index (χ1v) is 11.2. The number of hydrogen-bond acceptors (Lipinski definition) is 7. The molecule has 1 atom stereocenters. The van der Waals surface area contributed by atoms with Gasteiger partial charge in [-0.05, 0) is 49.9 Å². The van der Waals surface area contributed by atoms with Crippen LogP contribution in [0.25, 0.3) is 11.2 Å². The van der Waals surface area contributed by atoms with Gasteiger partial charge in [0.2, 0.25) is 0 Å². The van der Waals surface area contributed by atoms with Crippen LogP contribution in [0.1, 0.15) is 25.0 Å². The van der Waals surface area contributed by atoms with Crippen molar-refractivity contribution in [3.63, 3.8) is 0 Å². The molecule has 0 bridgehead atoms. The van der Waals surface area contributed by atoms with Gasteiger partial charge in [-0.2, -0.15) is 5.10 Å². The van der Waals surface area contributed by atoms with Crippen molar-refractivity contribution in [2.75, 3.05) is 29.4 Å². The van der Waals surface area contributed by atoms with E-state index in [2.05, 4.69) is 31.0 Å². The lowest BCUT2D eigenvalue weighted by molar-refractivity contribution is 0.179. The summed E-state index contributed by atoms with van der Waals surface area (Å²) in [7, 11) is 0. The van der Waals surface area contributed by atoms with Crippen molar-refractivity contribution in [1.82, 2.24) is 25.1 Å². The fraction of sp³-hybridized carbons (Fsp3) is 0.333. The number of piperidine rings is 1. The summed E-state index contributed by atoms with van der Waals surface area (Å²) in [5, 5.41) is 7.68. The molecule has 2 aliphatic heterocycles. The molecule has 0 amide bonds. The van der Waals surface area contributed by atoms with Crippen molar-refractivity contribution in [1.29, 1.82) is 0 Å². The van der Waals surface area contributed by atoms with Crippen LogP contribution in [-0.4, -0.2) is 50.9 Å². The quantitative estimate of drug-likeness (QED) is 0.529. The van der Waals surface area contributed by atoms with Gasteiger partial charge < -0.3 is 14.5 Å². The Kier molecular flexibility index (Phi) is 4.82. The molecular weight excluding hydrogens is 402 g/mol. The van der Waals surface area contributed by atoms with Crippen LogP contribution in [0.3, 0.4) is 0 Å². The molecule has 3 aromatic heterocycles. The van der Waals surface area contributed by atoms with Crippen LogP contribution >= 0.6 is 0 Å². The second kappa shape index (κ2) is 8.11. The predicted molar refractivity (Wildman–Crippen MR) is 124 cm³/mol. The van der Waals surface area contributed by atoms with Gasteiger partial charge in [-0.1, -0.05) is 18.2 Å². The Bertz CT molecular complexity index is 1230. The molecule has 162 valence electrons. The molecule has 1 unspecified atom stereocenters. The average Bonchev–Trinajstić information content (AvgIpc) is 3.28. The highest BCUT2D eigenvalue weighted by atomic mass is 16.5. The monoisotopic (exact) mass is 427 g/mol. The standard InChI is InChI=1S/C24H25N7O/c1-2-7-17(8-3-1)32-18-9-5-13-30(16-18)21-15-26-22-23(27-21)28-29-24(22)31-14-6-10-19-20(31)11-4-12-25-19/h1-4,7-8,11-12,15,18H,5-6,9-10,13-14,16H2,(H,27,28,29). The minimum absolute atomic E-state index is 0.137. The number of nitrogens with zero attached hydrogens (tertiary/aromatic N) is 6. The number of rotatable bonds is 4. The van der Waals surface area contributed by atoms with Gasteiger partial charge >= 0.3 is 0 Å². The molecule has 32 heavy (non-hydrogen) atoms. The van der Waals surface area contributed by atoms with Crippen LogP contribution in [0.2, 0.25) is 0 Å². The van der Waals surface area contributed by atoms with E-state index in [9.17, 15) is 0 Å². The van der Waals surface area contributed by atoms with E-state index in [0.717, 1.165) is 79.6 Å². The summed E-state index contributed by atoms with van der Waals surface area (Å²) in [5.41, 5.74) is 3.71. The smallest absolute Gasteiger partial charge is 0.183 e. The Morgan fingerprint density at radius 2 is 1.94 bits per heavy atom. The molecular formula is C24H25N7O. The Hall–Kier alpha value is -3.68. The molecule has 8 heteroatoms. The highest BCUT2D eigenvalue weighted by Crippen LogP contribution is 2.34. The fourth-order valence-corrected chi connectivity index (χ4v) is 4.67. The normalized spacial score (nSPS) is 18.6. The van der Waals surface area contributed by atoms with Crippen LogP contribution in [-0.2, 0) is 6.42 Å². The molecule has 8 nitrogen and oxygen atoms in total. The van der Waals surface area contributed by atoms with Gasteiger partial charge in [-0.3, -0.25) is 10.1 Å². The summed E-state index contributed by atoms with van der Waals surface area (Å²) in [6.45, 7) is 2.63. The number of fused-ring (bicyclic) bond motifs is 2. The van der Waals surface area contributed by atoms with E-state index in [1.807, 2.05) is 48.8 Å². The number of ether oxygens (including phenoxy) is 1. The molecule has 0 saturated carbocycles. The van der Waals surface area contributed by atoms with Crippen LogP contribution in [0.5, 0.6) is 5.75 Å². The molecule has 0 radical (unpaired) electrons. The molecule has 5 heterocycles. The minimum atomic E-state index is 0.137. The number of para-hydroxylation sites is 1. The van der Waals surface area contributed by atoms with E-state index >= 15 is 0 Å². The Balaban J connectivity index is 1.25. The van der Waals surface area contributed by atoms with E-state index in [4.69, 9.17) is 14.7 Å². The van der Waals surface area contributed by atoms with E-state index in [-0.39, 0.29) is 6.10 Å². The van der Waals surface area contributed by atoms with Crippen molar-refractivity contribution in [3.8, 4) is 5.75 Å². The second-order valence-electron chi connectivity index (χ2n) is 8.34. The van der Waals surface area contributed by atoms with E-state index in [1.165, 1.54) is 0 Å². The molecule has 0 spiro atoms. The average molecular weight is 428 g/mol. The van der Waals surface area contributed by atoms with Gasteiger partial charge in [0.05, 0.1) is 24.1 Å². The highest BCUT2D eigenvalue weighted by molar-refractivity contribution is 5.87. The third-order valence-electron chi connectivity index (χ3n) is 6.20. The number of anilines is 3. The van der Waals surface area contributed by atoms with Gasteiger partial charge in [0.15, 0.2) is 17.0 Å². The first-order chi connectivity index (χ1) is 15.8. The summed E-state index contributed by atoms with van der Waals surface area (Å²) < 4.78 is 6.19. The highest BCUT2D eigenvalue weighted by Gasteiger charge is 2.26. The zero-order valence-corrected chi connectivity index (χ0v) is 17.8. The summed E-state index contributed by atoms with van der Waals surface area (Å²) >= 11 is 0. The molecule has 1 fully saturated rings. The van der Waals surface area contributed by atoms with Crippen LogP contribution < -0.4 is 14.5 Å². The fourth-order valence-electron chi connectivity index (χ4n) is 4.67. The molecule has 0 aliphatic carbocycles. The molecule has 6 rings (SSSR count). The van der Waals surface area contributed by atoms with Gasteiger partial charge in [-0.15, -0.1) is 0 Å². The number of aromatic amines is 1. The molecule has 2 aliphatic rings. The van der Waals surface area contributed by atoms with Crippen molar-refractivity contribution < 1.29 is 4.74 Å². The van der Waals surface area contributed by atoms with Crippen molar-refractivity contribution in [3.05, 3.63) is 60.6 Å². The summed E-state index contributed by atoms with van der Waals surface area (Å²) in [4.78, 5) is 18.6. The SMILES string of the molecule is c1ccc(OC2CCCN(c3cnc4c(N5CCCc6ncccc65)n[nH]c4n3)C2)cc1. The first-order valence-electron chi connectivity index (χ1n) is 11.2. The molecule has 1 aromatic carbocycles. The number of aromatic nitrogens is 5. The van der Waals surface area contributed by atoms with E-state index in [0.29, 0.717) is 5.65 Å². The Morgan fingerprint density at radius 3 is 2.88 bits per heavy atom. The topological polar surface area (TPSA) is 83.1 Å². The molecule has 4 aromatic rings. The van der Waals surface area contributed by atoms with Gasteiger partial charge in [0.1, 0.15) is 17.7 Å². The number of benzene rings is 1. The number of hydrogen-bond donors (Lipinski definition) is 1. The van der Waals surface area contributed by atoms with Crippen LogP contribution in [0.4, 0.5) is 17.3 Å². The maximum atomic E-state index is 6.19. The zero-order chi connectivity index (χ0) is 21.3. The summed E-state index contributed by atoms with van der Waals surface area (Å²) in [5.74, 6) is 2.59. The lowest BCUT2D eigenvalue weighted by atomic mass is 10.1. The van der Waals surface area contributed by atoms with Gasteiger partial charge in [-0.25, -0.2) is 9.97 Å². The van der Waals surface area contributed by atoms with Crippen LogP contribution in [0.15, 0.2) is 54.9 Å². The van der Waals surface area contributed by atoms with Gasteiger partial charge in [0, 0.05) is 19.3 Å². The van der Waals surface area contributed by atoms with Crippen molar-refractivity contribution in [2.24, 2.45) is 0 Å². The summed E-state index contributed by atoms with van der Waals surface area (Å²) in [6, 6.07) is 14.1. The first kappa shape index (κ1) is 19.0. The second-order valence-corrected chi connectivity index (χ2v) is 8.34. The maximum Gasteiger partial charge on any atom is 0.183 e. The molecule has 1 saturated heterocycles. The third-order valence-corrected chi connectivity index (χ3v) is 6.20. The molecule has 1 N–H and O–H groups in total. The van der Waals surface area contributed by atoms with E-state index in [1.54, 1.807) is 0 Å². The Labute approximate surface area is 186 Å². The van der Waals surface area contributed by atoms with Gasteiger partial charge in [0.25, 0.3) is 0 Å². The van der Waals surface area contributed by atoms with Crippen LogP contribution in [0, 0.1) is 0 Å². The lowest BCUT2D eigenvalue weighted by Gasteiger charge is -2.33. The number of pyridine rings is 1.